The number of para-hydroxylation sites is 1. The van der Waals surface area contributed by atoms with Gasteiger partial charge < -0.3 is 15.2 Å². The molecule has 0 bridgehead atoms. The Morgan fingerprint density at radius 3 is 2.45 bits per heavy atom. The van der Waals surface area contributed by atoms with Gasteiger partial charge in [-0.05, 0) is 31.4 Å². The Morgan fingerprint density at radius 1 is 1.25 bits per heavy atom. The lowest BCUT2D eigenvalue weighted by Gasteiger charge is -2.30. The molecular formula is C16H25NO3. The van der Waals surface area contributed by atoms with Gasteiger partial charge in [0.05, 0.1) is 18.8 Å². The first-order chi connectivity index (χ1) is 9.65. The third-order valence-corrected chi connectivity index (χ3v) is 3.62. The number of carbonyl (C=O) groups excluding carboxylic acids is 1. The molecule has 0 atom stereocenters. The van der Waals surface area contributed by atoms with E-state index in [-0.39, 0.29) is 12.5 Å². The Balaban J connectivity index is 2.26. The normalized spacial score (nSPS) is 11.2. The number of ether oxygens (including phenoxy) is 1. The molecule has 0 saturated heterocycles. The Hall–Kier alpha value is -1.55. The van der Waals surface area contributed by atoms with Crippen LogP contribution in [0.1, 0.15) is 39.5 Å². The number of nitrogens with one attached hydrogen (secondary N) is 1. The lowest BCUT2D eigenvalue weighted by atomic mass is 9.93. The van der Waals surface area contributed by atoms with Gasteiger partial charge in [0, 0.05) is 6.42 Å². The van der Waals surface area contributed by atoms with E-state index in [2.05, 4.69) is 5.32 Å². The smallest absolute Gasteiger partial charge is 0.220 e. The zero-order valence-corrected chi connectivity index (χ0v) is 12.4. The number of aliphatic hydroxyl groups is 1. The summed E-state index contributed by atoms with van der Waals surface area (Å²) in [5, 5.41) is 12.3. The van der Waals surface area contributed by atoms with Gasteiger partial charge in [0.2, 0.25) is 5.91 Å². The summed E-state index contributed by atoms with van der Waals surface area (Å²) < 4.78 is 5.54. The molecule has 1 rings (SSSR count). The average molecular weight is 279 g/mol. The van der Waals surface area contributed by atoms with Crippen LogP contribution < -0.4 is 10.1 Å². The van der Waals surface area contributed by atoms with Crippen LogP contribution in [0.15, 0.2) is 30.3 Å². The molecule has 4 heteroatoms. The predicted molar refractivity (Wildman–Crippen MR) is 79.7 cm³/mol. The highest BCUT2D eigenvalue weighted by Crippen LogP contribution is 2.14. The number of amides is 1. The summed E-state index contributed by atoms with van der Waals surface area (Å²) in [5.74, 6) is 0.791. The topological polar surface area (TPSA) is 58.6 Å². The minimum atomic E-state index is -0.475. The van der Waals surface area contributed by atoms with Crippen LogP contribution in [-0.2, 0) is 4.79 Å². The second kappa shape index (κ2) is 8.59. The van der Waals surface area contributed by atoms with E-state index in [4.69, 9.17) is 4.74 Å². The standard InChI is InChI=1S/C16H25NO3/c1-3-16(4-2,13-18)17-15(19)11-8-12-20-14-9-6-5-7-10-14/h5-7,9-10,18H,3-4,8,11-13H2,1-2H3,(H,17,19). The van der Waals surface area contributed by atoms with E-state index in [1.165, 1.54) is 0 Å². The third-order valence-electron chi connectivity index (χ3n) is 3.62. The van der Waals surface area contributed by atoms with Gasteiger partial charge in [0.15, 0.2) is 0 Å². The quantitative estimate of drug-likeness (QED) is 0.683. The Labute approximate surface area is 121 Å². The molecule has 0 aromatic heterocycles. The van der Waals surface area contributed by atoms with Crippen molar-refractivity contribution in [3.05, 3.63) is 30.3 Å². The van der Waals surface area contributed by atoms with Gasteiger partial charge in [-0.1, -0.05) is 32.0 Å². The molecule has 1 aromatic carbocycles. The van der Waals surface area contributed by atoms with Crippen molar-refractivity contribution >= 4 is 5.91 Å². The van der Waals surface area contributed by atoms with Gasteiger partial charge in [-0.2, -0.15) is 0 Å². The SMILES string of the molecule is CCC(CC)(CO)NC(=O)CCCOc1ccccc1. The van der Waals surface area contributed by atoms with Crippen LogP contribution in [0.25, 0.3) is 0 Å². The summed E-state index contributed by atoms with van der Waals surface area (Å²) >= 11 is 0. The fourth-order valence-corrected chi connectivity index (χ4v) is 1.99. The molecule has 0 aliphatic carbocycles. The van der Waals surface area contributed by atoms with Crippen LogP contribution >= 0.6 is 0 Å². The van der Waals surface area contributed by atoms with Crippen molar-refractivity contribution in [3.8, 4) is 5.75 Å². The van der Waals surface area contributed by atoms with Crippen molar-refractivity contribution in [2.75, 3.05) is 13.2 Å². The van der Waals surface area contributed by atoms with Crippen molar-refractivity contribution in [1.29, 1.82) is 0 Å². The monoisotopic (exact) mass is 279 g/mol. The largest absolute Gasteiger partial charge is 0.494 e. The van der Waals surface area contributed by atoms with Crippen LogP contribution in [-0.4, -0.2) is 29.8 Å². The minimum Gasteiger partial charge on any atom is -0.494 e. The molecule has 1 aromatic rings. The van der Waals surface area contributed by atoms with Crippen molar-refractivity contribution in [2.24, 2.45) is 0 Å². The van der Waals surface area contributed by atoms with E-state index in [9.17, 15) is 9.90 Å². The summed E-state index contributed by atoms with van der Waals surface area (Å²) in [6.07, 6.45) is 2.53. The summed E-state index contributed by atoms with van der Waals surface area (Å²) in [4.78, 5) is 11.9. The van der Waals surface area contributed by atoms with Crippen molar-refractivity contribution in [3.63, 3.8) is 0 Å². The van der Waals surface area contributed by atoms with Crippen molar-refractivity contribution in [1.82, 2.24) is 5.32 Å². The maximum atomic E-state index is 11.9. The molecule has 0 aliphatic heterocycles. The Morgan fingerprint density at radius 2 is 1.90 bits per heavy atom. The van der Waals surface area contributed by atoms with Gasteiger partial charge in [0.1, 0.15) is 5.75 Å². The van der Waals surface area contributed by atoms with Gasteiger partial charge in [-0.3, -0.25) is 4.79 Å². The van der Waals surface area contributed by atoms with Crippen LogP contribution in [0.3, 0.4) is 0 Å². The first-order valence-corrected chi connectivity index (χ1v) is 7.25. The maximum Gasteiger partial charge on any atom is 0.220 e. The van der Waals surface area contributed by atoms with Gasteiger partial charge >= 0.3 is 0 Å². The first kappa shape index (κ1) is 16.5. The minimum absolute atomic E-state index is 0.0216. The average Bonchev–Trinajstić information content (AvgIpc) is 2.50. The number of hydrogen-bond donors (Lipinski definition) is 2. The second-order valence-corrected chi connectivity index (χ2v) is 4.96. The summed E-state index contributed by atoms with van der Waals surface area (Å²) in [6, 6.07) is 9.56. The summed E-state index contributed by atoms with van der Waals surface area (Å²) in [6.45, 7) is 4.44. The molecule has 0 radical (unpaired) electrons. The second-order valence-electron chi connectivity index (χ2n) is 4.96. The van der Waals surface area contributed by atoms with E-state index < -0.39 is 5.54 Å². The zero-order chi connectivity index (χ0) is 14.8. The molecule has 0 aliphatic rings. The molecule has 0 heterocycles. The lowest BCUT2D eigenvalue weighted by molar-refractivity contribution is -0.124. The van der Waals surface area contributed by atoms with E-state index in [1.807, 2.05) is 44.2 Å². The predicted octanol–water partition coefficient (Wildman–Crippen LogP) is 2.51. The number of aliphatic hydroxyl groups excluding tert-OH is 1. The molecular weight excluding hydrogens is 254 g/mol. The molecule has 2 N–H and O–H groups in total. The van der Waals surface area contributed by atoms with E-state index in [1.54, 1.807) is 0 Å². The van der Waals surface area contributed by atoms with Gasteiger partial charge in [-0.25, -0.2) is 0 Å². The summed E-state index contributed by atoms with van der Waals surface area (Å²) in [5.41, 5.74) is -0.475. The van der Waals surface area contributed by atoms with Crippen LogP contribution in [0.5, 0.6) is 5.75 Å². The summed E-state index contributed by atoms with van der Waals surface area (Å²) in [7, 11) is 0. The molecule has 0 saturated carbocycles. The first-order valence-electron chi connectivity index (χ1n) is 7.25. The molecule has 0 fully saturated rings. The number of benzene rings is 1. The van der Waals surface area contributed by atoms with Crippen LogP contribution in [0.4, 0.5) is 0 Å². The van der Waals surface area contributed by atoms with Crippen LogP contribution in [0.2, 0.25) is 0 Å². The molecule has 0 unspecified atom stereocenters. The van der Waals surface area contributed by atoms with Crippen molar-refractivity contribution < 1.29 is 14.6 Å². The number of hydrogen-bond acceptors (Lipinski definition) is 3. The fourth-order valence-electron chi connectivity index (χ4n) is 1.99. The highest BCUT2D eigenvalue weighted by molar-refractivity contribution is 5.76. The van der Waals surface area contributed by atoms with Crippen molar-refractivity contribution in [2.45, 2.75) is 45.1 Å². The number of carbonyl (C=O) groups is 1. The highest BCUT2D eigenvalue weighted by Gasteiger charge is 2.26. The maximum absolute atomic E-state index is 11.9. The Kier molecular flexibility index (Phi) is 7.09. The van der Waals surface area contributed by atoms with Crippen LogP contribution in [0, 0.1) is 0 Å². The molecule has 4 nitrogen and oxygen atoms in total. The third kappa shape index (κ3) is 5.21. The molecule has 112 valence electrons. The fraction of sp³-hybridized carbons (Fsp3) is 0.562. The lowest BCUT2D eigenvalue weighted by Crippen LogP contribution is -2.50. The molecule has 20 heavy (non-hydrogen) atoms. The van der Waals surface area contributed by atoms with E-state index >= 15 is 0 Å². The molecule has 0 spiro atoms. The van der Waals surface area contributed by atoms with E-state index in [0.29, 0.717) is 19.4 Å². The van der Waals surface area contributed by atoms with Gasteiger partial charge in [-0.15, -0.1) is 0 Å². The van der Waals surface area contributed by atoms with Gasteiger partial charge in [0.25, 0.3) is 0 Å². The Bertz CT molecular complexity index is 380. The zero-order valence-electron chi connectivity index (χ0n) is 12.4. The van der Waals surface area contributed by atoms with E-state index in [0.717, 1.165) is 18.6 Å². The highest BCUT2D eigenvalue weighted by atomic mass is 16.5. The number of rotatable bonds is 9. The molecule has 1 amide bonds.